The minimum absolute atomic E-state index is 0.238. The Balaban J connectivity index is 1.96. The fraction of sp³-hybridized carbons (Fsp3) is 0.455. The van der Waals surface area contributed by atoms with Gasteiger partial charge in [-0.3, -0.25) is 19.5 Å². The average molecular weight is 409 g/mol. The number of aromatic nitrogens is 3. The maximum atomic E-state index is 13.1. The van der Waals surface area contributed by atoms with Gasteiger partial charge in [0, 0.05) is 44.6 Å². The van der Waals surface area contributed by atoms with E-state index in [1.165, 1.54) is 0 Å². The van der Waals surface area contributed by atoms with Gasteiger partial charge >= 0.3 is 0 Å². The molecule has 0 saturated heterocycles. The Morgan fingerprint density at radius 1 is 1.23 bits per heavy atom. The number of rotatable bonds is 3. The molecule has 30 heavy (non-hydrogen) atoms. The minimum atomic E-state index is -0.682. The number of imidazole rings is 1. The number of fused-ring (bicyclic) bond motifs is 1. The van der Waals surface area contributed by atoms with Crippen LogP contribution in [0.1, 0.15) is 48.3 Å². The van der Waals surface area contributed by atoms with Crippen molar-refractivity contribution in [2.24, 2.45) is 5.41 Å². The van der Waals surface area contributed by atoms with Crippen LogP contribution < -0.4 is 10.6 Å². The Morgan fingerprint density at radius 2 is 2.00 bits per heavy atom. The monoisotopic (exact) mass is 408 g/mol. The molecule has 8 heteroatoms. The van der Waals surface area contributed by atoms with Crippen molar-refractivity contribution in [3.05, 3.63) is 47.3 Å². The SMILES string of the molecule is CNC(=O)[C@H](NC(=O)c1nc(C#Cc2cccnc2)n2c1CN(C)CC2)C(C)(C)C. The van der Waals surface area contributed by atoms with Crippen LogP contribution in [0.2, 0.25) is 0 Å². The van der Waals surface area contributed by atoms with Gasteiger partial charge in [0.1, 0.15) is 6.04 Å². The summed E-state index contributed by atoms with van der Waals surface area (Å²) in [5.74, 6) is 6.08. The lowest BCUT2D eigenvalue weighted by Gasteiger charge is -2.30. The molecule has 1 atom stereocenters. The van der Waals surface area contributed by atoms with Crippen molar-refractivity contribution in [3.8, 4) is 11.8 Å². The molecule has 0 aromatic carbocycles. The van der Waals surface area contributed by atoms with Crippen LogP contribution in [0, 0.1) is 17.3 Å². The molecule has 0 aliphatic carbocycles. The summed E-state index contributed by atoms with van der Waals surface area (Å²) in [4.78, 5) is 36.2. The molecule has 2 aromatic heterocycles. The van der Waals surface area contributed by atoms with Gasteiger partial charge in [-0.15, -0.1) is 0 Å². The van der Waals surface area contributed by atoms with Gasteiger partial charge in [0.25, 0.3) is 5.91 Å². The second-order valence-electron chi connectivity index (χ2n) is 8.50. The Morgan fingerprint density at radius 3 is 2.63 bits per heavy atom. The standard InChI is InChI=1S/C22H28N6O2/c1-22(2,3)19(21(30)23-4)26-20(29)18-16-14-27(5)11-12-28(16)17(25-18)9-8-15-7-6-10-24-13-15/h6-7,10,13,19H,11-12,14H2,1-5H3,(H,23,30)(H,26,29)/t19-/m0/s1. The van der Waals surface area contributed by atoms with Gasteiger partial charge in [-0.25, -0.2) is 4.98 Å². The highest BCUT2D eigenvalue weighted by Gasteiger charge is 2.34. The van der Waals surface area contributed by atoms with Crippen LogP contribution in [0.3, 0.4) is 0 Å². The molecule has 0 bridgehead atoms. The Hall–Kier alpha value is -3.18. The maximum Gasteiger partial charge on any atom is 0.272 e. The van der Waals surface area contributed by atoms with E-state index in [-0.39, 0.29) is 11.8 Å². The molecule has 8 nitrogen and oxygen atoms in total. The third kappa shape index (κ3) is 4.69. The zero-order valence-corrected chi connectivity index (χ0v) is 18.1. The molecule has 3 rings (SSSR count). The fourth-order valence-corrected chi connectivity index (χ4v) is 3.35. The van der Waals surface area contributed by atoms with E-state index in [0.29, 0.717) is 24.6 Å². The summed E-state index contributed by atoms with van der Waals surface area (Å²) in [6.07, 6.45) is 3.38. The smallest absolute Gasteiger partial charge is 0.272 e. The first kappa shape index (κ1) is 21.5. The molecule has 2 amide bonds. The number of amides is 2. The lowest BCUT2D eigenvalue weighted by molar-refractivity contribution is -0.124. The summed E-state index contributed by atoms with van der Waals surface area (Å²) in [7, 11) is 3.56. The van der Waals surface area contributed by atoms with Crippen LogP contribution in [-0.2, 0) is 17.9 Å². The van der Waals surface area contributed by atoms with Crippen molar-refractivity contribution < 1.29 is 9.59 Å². The molecule has 0 unspecified atom stereocenters. The van der Waals surface area contributed by atoms with E-state index < -0.39 is 11.5 Å². The van der Waals surface area contributed by atoms with Gasteiger partial charge in [-0.1, -0.05) is 26.7 Å². The number of carbonyl (C=O) groups excluding carboxylic acids is 2. The van der Waals surface area contributed by atoms with Crippen LogP contribution in [0.15, 0.2) is 24.5 Å². The highest BCUT2D eigenvalue weighted by Crippen LogP contribution is 2.22. The van der Waals surface area contributed by atoms with E-state index >= 15 is 0 Å². The summed E-state index contributed by atoms with van der Waals surface area (Å²) in [6.45, 7) is 7.86. The van der Waals surface area contributed by atoms with Crippen molar-refractivity contribution in [2.45, 2.75) is 39.9 Å². The minimum Gasteiger partial charge on any atom is -0.357 e. The van der Waals surface area contributed by atoms with Crippen LogP contribution in [-0.4, -0.2) is 57.9 Å². The number of carbonyl (C=O) groups is 2. The van der Waals surface area contributed by atoms with Gasteiger partial charge in [-0.05, 0) is 30.5 Å². The molecule has 2 aromatic rings. The van der Waals surface area contributed by atoms with Crippen molar-refractivity contribution in [1.29, 1.82) is 0 Å². The summed E-state index contributed by atoms with van der Waals surface area (Å²) in [5, 5.41) is 5.50. The van der Waals surface area contributed by atoms with Crippen molar-refractivity contribution >= 4 is 11.8 Å². The molecular formula is C22H28N6O2. The number of nitrogens with one attached hydrogen (secondary N) is 2. The third-order valence-corrected chi connectivity index (χ3v) is 5.04. The van der Waals surface area contributed by atoms with E-state index in [4.69, 9.17) is 0 Å². The van der Waals surface area contributed by atoms with Gasteiger partial charge in [0.05, 0.1) is 5.69 Å². The predicted octanol–water partition coefficient (Wildman–Crippen LogP) is 1.01. The second kappa shape index (κ2) is 8.67. The van der Waals surface area contributed by atoms with Crippen LogP contribution in [0.4, 0.5) is 0 Å². The highest BCUT2D eigenvalue weighted by molar-refractivity contribution is 5.97. The Kier molecular flexibility index (Phi) is 6.22. The molecule has 0 fully saturated rings. The molecular weight excluding hydrogens is 380 g/mol. The van der Waals surface area contributed by atoms with Crippen molar-refractivity contribution in [1.82, 2.24) is 30.1 Å². The highest BCUT2D eigenvalue weighted by atomic mass is 16.2. The molecule has 1 aliphatic rings. The largest absolute Gasteiger partial charge is 0.357 e. The topological polar surface area (TPSA) is 92.1 Å². The molecule has 2 N–H and O–H groups in total. The first-order valence-electron chi connectivity index (χ1n) is 9.93. The number of hydrogen-bond donors (Lipinski definition) is 2. The summed E-state index contributed by atoms with van der Waals surface area (Å²) >= 11 is 0. The first-order valence-corrected chi connectivity index (χ1v) is 9.93. The van der Waals surface area contributed by atoms with Gasteiger partial charge in [0.2, 0.25) is 5.91 Å². The quantitative estimate of drug-likeness (QED) is 0.740. The Labute approximate surface area is 177 Å². The zero-order valence-electron chi connectivity index (χ0n) is 18.1. The number of nitrogens with zero attached hydrogens (tertiary/aromatic N) is 4. The van der Waals surface area contributed by atoms with Crippen molar-refractivity contribution in [3.63, 3.8) is 0 Å². The van der Waals surface area contributed by atoms with E-state index in [2.05, 4.69) is 37.3 Å². The summed E-state index contributed by atoms with van der Waals surface area (Å²) in [6, 6.07) is 3.02. The van der Waals surface area contributed by atoms with Crippen LogP contribution in [0.5, 0.6) is 0 Å². The molecule has 1 aliphatic heterocycles. The molecule has 0 spiro atoms. The normalized spacial score (nSPS) is 14.8. The number of pyridine rings is 1. The lowest BCUT2D eigenvalue weighted by atomic mass is 9.86. The summed E-state index contributed by atoms with van der Waals surface area (Å²) < 4.78 is 1.99. The van der Waals surface area contributed by atoms with Crippen LogP contribution >= 0.6 is 0 Å². The second-order valence-corrected chi connectivity index (χ2v) is 8.50. The van der Waals surface area contributed by atoms with Gasteiger partial charge in [0.15, 0.2) is 11.5 Å². The van der Waals surface area contributed by atoms with Gasteiger partial charge < -0.3 is 15.2 Å². The summed E-state index contributed by atoms with van der Waals surface area (Å²) in [5.41, 5.74) is 1.45. The third-order valence-electron chi connectivity index (χ3n) is 5.04. The zero-order chi connectivity index (χ0) is 21.9. The van der Waals surface area contributed by atoms with Crippen molar-refractivity contribution in [2.75, 3.05) is 20.6 Å². The molecule has 3 heterocycles. The van der Waals surface area contributed by atoms with E-state index in [0.717, 1.165) is 17.8 Å². The van der Waals surface area contributed by atoms with E-state index in [1.54, 1.807) is 19.4 Å². The molecule has 158 valence electrons. The van der Waals surface area contributed by atoms with Crippen LogP contribution in [0.25, 0.3) is 0 Å². The number of hydrogen-bond acceptors (Lipinski definition) is 5. The van der Waals surface area contributed by atoms with E-state index in [9.17, 15) is 9.59 Å². The average Bonchev–Trinajstić information content (AvgIpc) is 3.07. The fourth-order valence-electron chi connectivity index (χ4n) is 3.35. The Bertz CT molecular complexity index is 994. The number of likely N-dealkylation sites (N-methyl/N-ethyl adjacent to an activating group) is 2. The van der Waals surface area contributed by atoms with Gasteiger partial charge in [-0.2, -0.15) is 0 Å². The molecule has 0 saturated carbocycles. The lowest BCUT2D eigenvalue weighted by Crippen LogP contribution is -2.53. The van der Waals surface area contributed by atoms with E-state index in [1.807, 2.05) is 44.5 Å². The predicted molar refractivity (Wildman–Crippen MR) is 114 cm³/mol. The maximum absolute atomic E-state index is 13.1. The first-order chi connectivity index (χ1) is 14.2. The molecule has 0 radical (unpaired) electrons.